The number of furan rings is 1. The first-order valence-electron chi connectivity index (χ1n) is 6.94. The molecule has 3 heteroatoms. The largest absolute Gasteiger partial charge is 0.489 e. The molecule has 1 N–H and O–H groups in total. The lowest BCUT2D eigenvalue weighted by atomic mass is 10.1. The Morgan fingerprint density at radius 1 is 1.20 bits per heavy atom. The zero-order valence-electron chi connectivity index (χ0n) is 12.7. The summed E-state index contributed by atoms with van der Waals surface area (Å²) in [6.45, 7) is 9.71. The monoisotopic (exact) mass is 273 g/mol. The average Bonchev–Trinajstić information content (AvgIpc) is 2.81. The third-order valence-electron chi connectivity index (χ3n) is 3.00. The number of benzene rings is 1. The molecule has 2 aromatic rings. The molecule has 1 aromatic heterocycles. The second-order valence-electron chi connectivity index (χ2n) is 6.08. The molecular formula is C17H23NO2. The molecule has 1 aromatic carbocycles. The van der Waals surface area contributed by atoms with E-state index in [0.717, 1.165) is 17.1 Å². The van der Waals surface area contributed by atoms with Crippen LogP contribution in [0.25, 0.3) is 0 Å². The lowest BCUT2D eigenvalue weighted by Crippen LogP contribution is -2.35. The van der Waals surface area contributed by atoms with E-state index in [1.165, 1.54) is 5.56 Å². The maximum atomic E-state index is 5.82. The number of rotatable bonds is 5. The van der Waals surface area contributed by atoms with Crippen molar-refractivity contribution in [2.75, 3.05) is 0 Å². The minimum atomic E-state index is 0.0709. The highest BCUT2D eigenvalue weighted by atomic mass is 16.5. The molecule has 0 aliphatic carbocycles. The summed E-state index contributed by atoms with van der Waals surface area (Å²) in [5.41, 5.74) is 2.36. The van der Waals surface area contributed by atoms with Crippen LogP contribution < -0.4 is 10.1 Å². The molecule has 0 aliphatic heterocycles. The number of nitrogens with one attached hydrogen (secondary N) is 1. The number of hydrogen-bond donors (Lipinski definition) is 1. The molecule has 1 heterocycles. The van der Waals surface area contributed by atoms with Crippen LogP contribution in [0.4, 0.5) is 0 Å². The van der Waals surface area contributed by atoms with E-state index in [1.807, 2.05) is 24.3 Å². The van der Waals surface area contributed by atoms with Crippen LogP contribution in [-0.4, -0.2) is 5.54 Å². The first-order chi connectivity index (χ1) is 9.44. The molecule has 2 rings (SSSR count). The van der Waals surface area contributed by atoms with Crippen molar-refractivity contribution in [2.45, 2.75) is 46.4 Å². The molecule has 20 heavy (non-hydrogen) atoms. The molecule has 108 valence electrons. The van der Waals surface area contributed by atoms with Crippen LogP contribution >= 0.6 is 0 Å². The van der Waals surface area contributed by atoms with Gasteiger partial charge < -0.3 is 14.5 Å². The zero-order valence-corrected chi connectivity index (χ0v) is 12.7. The Kier molecular flexibility index (Phi) is 4.50. The van der Waals surface area contributed by atoms with Crippen LogP contribution in [0.3, 0.4) is 0 Å². The van der Waals surface area contributed by atoms with Crippen molar-refractivity contribution in [1.29, 1.82) is 0 Å². The van der Waals surface area contributed by atoms with Crippen molar-refractivity contribution < 1.29 is 9.15 Å². The van der Waals surface area contributed by atoms with Crippen LogP contribution in [0.1, 0.15) is 37.7 Å². The van der Waals surface area contributed by atoms with Gasteiger partial charge in [0.1, 0.15) is 18.1 Å². The summed E-state index contributed by atoms with van der Waals surface area (Å²) in [5.74, 6) is 1.83. The van der Waals surface area contributed by atoms with Crippen molar-refractivity contribution >= 4 is 0 Å². The van der Waals surface area contributed by atoms with Gasteiger partial charge in [0.2, 0.25) is 0 Å². The second-order valence-corrected chi connectivity index (χ2v) is 6.08. The number of aryl methyl sites for hydroxylation is 1. The Morgan fingerprint density at radius 2 is 2.00 bits per heavy atom. The van der Waals surface area contributed by atoms with Crippen molar-refractivity contribution in [1.82, 2.24) is 5.32 Å². The first kappa shape index (κ1) is 14.7. The van der Waals surface area contributed by atoms with Crippen LogP contribution in [0.2, 0.25) is 0 Å². The van der Waals surface area contributed by atoms with Crippen molar-refractivity contribution in [3.05, 3.63) is 53.5 Å². The van der Waals surface area contributed by atoms with Crippen LogP contribution in [0.15, 0.2) is 41.0 Å². The smallest absolute Gasteiger partial charge is 0.124 e. The fourth-order valence-corrected chi connectivity index (χ4v) is 1.86. The quantitative estimate of drug-likeness (QED) is 0.892. The third-order valence-corrected chi connectivity index (χ3v) is 3.00. The summed E-state index contributed by atoms with van der Waals surface area (Å²) >= 11 is 0. The molecule has 0 saturated carbocycles. The molecule has 0 aliphatic rings. The minimum Gasteiger partial charge on any atom is -0.489 e. The first-order valence-corrected chi connectivity index (χ1v) is 6.94. The van der Waals surface area contributed by atoms with E-state index in [-0.39, 0.29) is 5.54 Å². The molecule has 0 fully saturated rings. The van der Waals surface area contributed by atoms with E-state index in [9.17, 15) is 0 Å². The Morgan fingerprint density at radius 3 is 2.70 bits per heavy atom. The highest BCUT2D eigenvalue weighted by Gasteiger charge is 2.12. The van der Waals surface area contributed by atoms with Gasteiger partial charge in [0.15, 0.2) is 0 Å². The topological polar surface area (TPSA) is 34.4 Å². The molecule has 0 unspecified atom stereocenters. The van der Waals surface area contributed by atoms with E-state index in [0.29, 0.717) is 13.2 Å². The summed E-state index contributed by atoms with van der Waals surface area (Å²) in [6.07, 6.45) is 1.72. The van der Waals surface area contributed by atoms with Gasteiger partial charge >= 0.3 is 0 Å². The lowest BCUT2D eigenvalue weighted by molar-refractivity contribution is 0.299. The number of ether oxygens (including phenoxy) is 1. The predicted molar refractivity (Wildman–Crippen MR) is 80.8 cm³/mol. The molecule has 0 atom stereocenters. The van der Waals surface area contributed by atoms with Gasteiger partial charge in [0, 0.05) is 11.1 Å². The SMILES string of the molecule is Cc1cccc(OCc2ccoc2CNC(C)(C)C)c1. The fraction of sp³-hybridized carbons (Fsp3) is 0.412. The lowest BCUT2D eigenvalue weighted by Gasteiger charge is -2.20. The van der Waals surface area contributed by atoms with E-state index in [1.54, 1.807) is 6.26 Å². The van der Waals surface area contributed by atoms with E-state index in [4.69, 9.17) is 9.15 Å². The van der Waals surface area contributed by atoms with Gasteiger partial charge in [-0.1, -0.05) is 12.1 Å². The second kappa shape index (κ2) is 6.14. The minimum absolute atomic E-state index is 0.0709. The normalized spacial score (nSPS) is 11.6. The predicted octanol–water partition coefficient (Wildman–Crippen LogP) is 4.06. The van der Waals surface area contributed by atoms with Gasteiger partial charge in [-0.2, -0.15) is 0 Å². The highest BCUT2D eigenvalue weighted by molar-refractivity contribution is 5.28. The van der Waals surface area contributed by atoms with Gasteiger partial charge in [-0.15, -0.1) is 0 Å². The molecular weight excluding hydrogens is 250 g/mol. The summed E-state index contributed by atoms with van der Waals surface area (Å²) in [5, 5.41) is 3.42. The fourth-order valence-electron chi connectivity index (χ4n) is 1.86. The van der Waals surface area contributed by atoms with E-state index in [2.05, 4.69) is 39.1 Å². The van der Waals surface area contributed by atoms with E-state index < -0.39 is 0 Å². The Labute approximate surface area is 121 Å². The molecule has 0 bridgehead atoms. The molecule has 0 amide bonds. The third kappa shape index (κ3) is 4.42. The maximum Gasteiger partial charge on any atom is 0.124 e. The standard InChI is InChI=1S/C17H23NO2/c1-13-6-5-7-15(10-13)20-12-14-8-9-19-16(14)11-18-17(2,3)4/h5-10,18H,11-12H2,1-4H3. The molecule has 0 spiro atoms. The van der Waals surface area contributed by atoms with Gasteiger partial charge in [0.05, 0.1) is 12.8 Å². The van der Waals surface area contributed by atoms with Gasteiger partial charge in [-0.05, 0) is 51.5 Å². The number of hydrogen-bond acceptors (Lipinski definition) is 3. The Hall–Kier alpha value is -1.74. The molecule has 3 nitrogen and oxygen atoms in total. The average molecular weight is 273 g/mol. The Balaban J connectivity index is 1.95. The van der Waals surface area contributed by atoms with E-state index >= 15 is 0 Å². The summed E-state index contributed by atoms with van der Waals surface area (Å²) in [7, 11) is 0. The van der Waals surface area contributed by atoms with Crippen LogP contribution in [0.5, 0.6) is 5.75 Å². The zero-order chi connectivity index (χ0) is 14.6. The summed E-state index contributed by atoms with van der Waals surface area (Å²) in [6, 6.07) is 10.0. The van der Waals surface area contributed by atoms with Crippen molar-refractivity contribution in [2.24, 2.45) is 0 Å². The van der Waals surface area contributed by atoms with Gasteiger partial charge in [-0.25, -0.2) is 0 Å². The van der Waals surface area contributed by atoms with Gasteiger partial charge in [-0.3, -0.25) is 0 Å². The maximum absolute atomic E-state index is 5.82. The molecule has 0 saturated heterocycles. The van der Waals surface area contributed by atoms with Crippen molar-refractivity contribution in [3.63, 3.8) is 0 Å². The highest BCUT2D eigenvalue weighted by Crippen LogP contribution is 2.17. The van der Waals surface area contributed by atoms with Gasteiger partial charge in [0.25, 0.3) is 0 Å². The van der Waals surface area contributed by atoms with Crippen LogP contribution in [0, 0.1) is 6.92 Å². The molecule has 0 radical (unpaired) electrons. The summed E-state index contributed by atoms with van der Waals surface area (Å²) < 4.78 is 11.3. The Bertz CT molecular complexity index is 552. The van der Waals surface area contributed by atoms with Crippen LogP contribution in [-0.2, 0) is 13.2 Å². The van der Waals surface area contributed by atoms with Crippen molar-refractivity contribution in [3.8, 4) is 5.75 Å². The summed E-state index contributed by atoms with van der Waals surface area (Å²) in [4.78, 5) is 0.